The Morgan fingerprint density at radius 2 is 1.97 bits per heavy atom. The number of nitrogens with one attached hydrogen (secondary N) is 1. The van der Waals surface area contributed by atoms with Crippen molar-refractivity contribution in [3.63, 3.8) is 0 Å². The predicted molar refractivity (Wildman–Crippen MR) is 120 cm³/mol. The summed E-state index contributed by atoms with van der Waals surface area (Å²) in [7, 11) is 0. The first-order valence-corrected chi connectivity index (χ1v) is 10.7. The zero-order chi connectivity index (χ0) is 21.1. The van der Waals surface area contributed by atoms with Crippen LogP contribution < -0.4 is 10.2 Å². The molecule has 0 unspecified atom stereocenters. The summed E-state index contributed by atoms with van der Waals surface area (Å²) in [6.45, 7) is 6.66. The molecule has 3 heterocycles. The zero-order valence-electron chi connectivity index (χ0n) is 17.3. The summed E-state index contributed by atoms with van der Waals surface area (Å²) in [5.41, 5.74) is 3.25. The summed E-state index contributed by atoms with van der Waals surface area (Å²) < 4.78 is 1.79. The quantitative estimate of drug-likeness (QED) is 0.630. The van der Waals surface area contributed by atoms with Gasteiger partial charge in [-0.3, -0.25) is 4.79 Å². The summed E-state index contributed by atoms with van der Waals surface area (Å²) in [6, 6.07) is 11.5. The molecule has 156 valence electrons. The monoisotopic (exact) mass is 423 g/mol. The van der Waals surface area contributed by atoms with Crippen LogP contribution in [-0.4, -0.2) is 33.8 Å². The molecule has 1 N–H and O–H groups in total. The zero-order valence-corrected chi connectivity index (χ0v) is 18.1. The van der Waals surface area contributed by atoms with Gasteiger partial charge in [-0.15, -0.1) is 0 Å². The first-order valence-electron chi connectivity index (χ1n) is 10.3. The van der Waals surface area contributed by atoms with E-state index in [1.165, 1.54) is 12.8 Å². The van der Waals surface area contributed by atoms with Crippen molar-refractivity contribution in [1.82, 2.24) is 20.1 Å². The van der Waals surface area contributed by atoms with Gasteiger partial charge in [0.15, 0.2) is 0 Å². The number of hydrogen-bond donors (Lipinski definition) is 1. The molecular formula is C23H26ClN5O. The van der Waals surface area contributed by atoms with E-state index in [0.29, 0.717) is 17.1 Å². The Hall–Kier alpha value is -2.86. The highest BCUT2D eigenvalue weighted by molar-refractivity contribution is 6.30. The number of halogens is 1. The van der Waals surface area contributed by atoms with Gasteiger partial charge in [-0.25, -0.2) is 9.67 Å². The molecule has 3 aromatic rings. The van der Waals surface area contributed by atoms with E-state index in [-0.39, 0.29) is 11.8 Å². The maximum atomic E-state index is 12.9. The van der Waals surface area contributed by atoms with Crippen LogP contribution in [0.25, 0.3) is 5.69 Å². The molecular weight excluding hydrogens is 398 g/mol. The van der Waals surface area contributed by atoms with Crippen molar-refractivity contribution in [2.45, 2.75) is 39.2 Å². The molecule has 0 aliphatic carbocycles. The number of aromatic nitrogens is 3. The first-order chi connectivity index (χ1) is 14.5. The highest BCUT2D eigenvalue weighted by Gasteiger charge is 2.21. The molecule has 4 rings (SSSR count). The number of carbonyl (C=O) groups excluding carboxylic acids is 1. The van der Waals surface area contributed by atoms with Crippen LogP contribution in [0.2, 0.25) is 5.02 Å². The number of nitrogens with zero attached hydrogens (tertiary/aromatic N) is 4. The Balaban J connectivity index is 1.48. The molecule has 1 saturated heterocycles. The predicted octanol–water partition coefficient (Wildman–Crippen LogP) is 4.57. The molecule has 0 radical (unpaired) electrons. The van der Waals surface area contributed by atoms with E-state index in [1.54, 1.807) is 10.9 Å². The second-order valence-electron chi connectivity index (χ2n) is 7.89. The van der Waals surface area contributed by atoms with Gasteiger partial charge in [0.2, 0.25) is 0 Å². The fraction of sp³-hybridized carbons (Fsp3) is 0.348. The third kappa shape index (κ3) is 4.33. The van der Waals surface area contributed by atoms with Gasteiger partial charge in [0.05, 0.1) is 23.1 Å². The van der Waals surface area contributed by atoms with Crippen LogP contribution in [0.4, 0.5) is 5.82 Å². The van der Waals surface area contributed by atoms with Gasteiger partial charge in [-0.05, 0) is 48.6 Å². The van der Waals surface area contributed by atoms with E-state index in [0.717, 1.165) is 35.9 Å². The van der Waals surface area contributed by atoms with Gasteiger partial charge in [-0.2, -0.15) is 5.10 Å². The second kappa shape index (κ2) is 8.88. The molecule has 30 heavy (non-hydrogen) atoms. The van der Waals surface area contributed by atoms with Gasteiger partial charge < -0.3 is 10.2 Å². The molecule has 1 fully saturated rings. The van der Waals surface area contributed by atoms with Crippen LogP contribution in [0, 0.1) is 0 Å². The summed E-state index contributed by atoms with van der Waals surface area (Å²) in [5.74, 6) is 0.983. The van der Waals surface area contributed by atoms with Crippen LogP contribution in [-0.2, 0) is 6.54 Å². The van der Waals surface area contributed by atoms with Crippen LogP contribution in [0.1, 0.15) is 54.2 Å². The number of carbonyl (C=O) groups is 1. The molecule has 0 bridgehead atoms. The van der Waals surface area contributed by atoms with E-state index in [2.05, 4.69) is 34.1 Å². The van der Waals surface area contributed by atoms with Crippen molar-refractivity contribution in [3.8, 4) is 5.69 Å². The third-order valence-corrected chi connectivity index (χ3v) is 5.58. The highest BCUT2D eigenvalue weighted by atomic mass is 35.5. The molecule has 0 spiro atoms. The van der Waals surface area contributed by atoms with Gasteiger partial charge in [0.25, 0.3) is 5.91 Å². The molecule has 2 aromatic heterocycles. The molecule has 1 amide bonds. The molecule has 6 nitrogen and oxygen atoms in total. The van der Waals surface area contributed by atoms with Crippen molar-refractivity contribution in [2.75, 3.05) is 18.0 Å². The summed E-state index contributed by atoms with van der Waals surface area (Å²) >= 11 is 6.14. The lowest BCUT2D eigenvalue weighted by Crippen LogP contribution is -2.24. The summed E-state index contributed by atoms with van der Waals surface area (Å²) in [4.78, 5) is 19.8. The number of benzene rings is 1. The molecule has 1 aromatic carbocycles. The van der Waals surface area contributed by atoms with Crippen molar-refractivity contribution < 1.29 is 4.79 Å². The Bertz CT molecular complexity index is 1020. The minimum Gasteiger partial charge on any atom is -0.357 e. The van der Waals surface area contributed by atoms with Crippen LogP contribution in [0.5, 0.6) is 0 Å². The standard InChI is InChI=1S/C23H26ClN5O/c1-16(2)22-20(15-27-29(22)19-7-5-6-18(24)12-19)23(30)26-14-17-8-9-21(25-13-17)28-10-3-4-11-28/h5-9,12-13,15-16H,3-4,10-11,14H2,1-2H3,(H,26,30). The highest BCUT2D eigenvalue weighted by Crippen LogP contribution is 2.24. The van der Waals surface area contributed by atoms with E-state index >= 15 is 0 Å². The lowest BCUT2D eigenvalue weighted by molar-refractivity contribution is 0.0949. The topological polar surface area (TPSA) is 63.1 Å². The number of amides is 1. The fourth-order valence-corrected chi connectivity index (χ4v) is 4.02. The van der Waals surface area contributed by atoms with Crippen LogP contribution in [0.3, 0.4) is 0 Å². The maximum Gasteiger partial charge on any atom is 0.255 e. The normalized spacial score (nSPS) is 13.8. The number of pyridine rings is 1. The van der Waals surface area contributed by atoms with Crippen molar-refractivity contribution in [3.05, 3.63) is 70.6 Å². The lowest BCUT2D eigenvalue weighted by atomic mass is 10.0. The van der Waals surface area contributed by atoms with Gasteiger partial charge >= 0.3 is 0 Å². The smallest absolute Gasteiger partial charge is 0.255 e. The van der Waals surface area contributed by atoms with Gasteiger partial charge in [0.1, 0.15) is 5.82 Å². The molecule has 1 aliphatic heterocycles. The van der Waals surface area contributed by atoms with Crippen LogP contribution >= 0.6 is 11.6 Å². The summed E-state index contributed by atoms with van der Waals surface area (Å²) in [6.07, 6.45) is 5.91. The largest absolute Gasteiger partial charge is 0.357 e. The average molecular weight is 424 g/mol. The van der Waals surface area contributed by atoms with E-state index in [1.807, 2.05) is 42.6 Å². The number of rotatable bonds is 6. The van der Waals surface area contributed by atoms with Crippen molar-refractivity contribution >= 4 is 23.3 Å². The second-order valence-corrected chi connectivity index (χ2v) is 8.33. The van der Waals surface area contributed by atoms with E-state index in [9.17, 15) is 4.79 Å². The Morgan fingerprint density at radius 1 is 1.17 bits per heavy atom. The number of hydrogen-bond acceptors (Lipinski definition) is 4. The van der Waals surface area contributed by atoms with Crippen molar-refractivity contribution in [2.24, 2.45) is 0 Å². The van der Waals surface area contributed by atoms with E-state index < -0.39 is 0 Å². The van der Waals surface area contributed by atoms with E-state index in [4.69, 9.17) is 11.6 Å². The third-order valence-electron chi connectivity index (χ3n) is 5.34. The molecule has 0 saturated carbocycles. The molecule has 0 atom stereocenters. The first kappa shape index (κ1) is 20.4. The molecule has 1 aliphatic rings. The Kier molecular flexibility index (Phi) is 6.04. The van der Waals surface area contributed by atoms with Gasteiger partial charge in [-0.1, -0.05) is 37.6 Å². The summed E-state index contributed by atoms with van der Waals surface area (Å²) in [5, 5.41) is 8.10. The minimum atomic E-state index is -0.143. The van der Waals surface area contributed by atoms with Gasteiger partial charge in [0, 0.05) is 30.9 Å². The minimum absolute atomic E-state index is 0.119. The number of anilines is 1. The van der Waals surface area contributed by atoms with Crippen molar-refractivity contribution in [1.29, 1.82) is 0 Å². The Labute approximate surface area is 181 Å². The SMILES string of the molecule is CC(C)c1c(C(=O)NCc2ccc(N3CCCC3)nc2)cnn1-c1cccc(Cl)c1. The maximum absolute atomic E-state index is 12.9. The molecule has 7 heteroatoms. The Morgan fingerprint density at radius 3 is 2.63 bits per heavy atom. The fourth-order valence-electron chi connectivity index (χ4n) is 3.83. The average Bonchev–Trinajstić information content (AvgIpc) is 3.42. The van der Waals surface area contributed by atoms with Crippen LogP contribution in [0.15, 0.2) is 48.8 Å². The lowest BCUT2D eigenvalue weighted by Gasteiger charge is -2.16.